The number of anilines is 1. The number of Topliss-reactive ketones (excluding diaryl/α,β-unsaturated/α-hetero) is 1. The molecular formula is C43H61N5O7. The second-order valence-corrected chi connectivity index (χ2v) is 16.6. The fraction of sp³-hybridized carbons (Fsp3) is 0.581. The van der Waals surface area contributed by atoms with Gasteiger partial charge in [0.25, 0.3) is 0 Å². The Labute approximate surface area is 326 Å². The van der Waals surface area contributed by atoms with Crippen molar-refractivity contribution in [3.63, 3.8) is 0 Å². The number of esters is 1. The van der Waals surface area contributed by atoms with E-state index in [1.54, 1.807) is 9.58 Å². The maximum absolute atomic E-state index is 13.8. The molecule has 2 amide bonds. The smallest absolute Gasteiger partial charge is 0.305 e. The molecule has 3 aromatic rings. The van der Waals surface area contributed by atoms with Crippen LogP contribution in [0.1, 0.15) is 105 Å². The van der Waals surface area contributed by atoms with E-state index < -0.39 is 0 Å². The van der Waals surface area contributed by atoms with Crippen LogP contribution in [-0.4, -0.2) is 76.6 Å². The standard InChI is InChI=1S/C43H61N5O7/c1-42(2,3)29-31(41(53)43(4,5)6)15-8-7-9-20-38(52)55-28-24-48-40-34-18-12-13-19-35(34)47(30-32-16-10-11-17-33(32)39(40)45-46-48)37(51)22-21-36(50)44-23-27-54-26-14-25-49/h10-13,16-19,31,49H,7-9,14-15,20-30H2,1-6H3,(H,44,50). The molecule has 0 fully saturated rings. The summed E-state index contributed by atoms with van der Waals surface area (Å²) in [6, 6.07) is 15.4. The van der Waals surface area contributed by atoms with Gasteiger partial charge in [-0.05, 0) is 42.7 Å². The molecule has 1 aliphatic rings. The van der Waals surface area contributed by atoms with Gasteiger partial charge < -0.3 is 24.8 Å². The first kappa shape index (κ1) is 43.3. The van der Waals surface area contributed by atoms with E-state index in [4.69, 9.17) is 14.6 Å². The average Bonchev–Trinajstić information content (AvgIpc) is 3.54. The number of rotatable bonds is 20. The maximum atomic E-state index is 13.8. The van der Waals surface area contributed by atoms with Gasteiger partial charge in [0.05, 0.1) is 31.1 Å². The average molecular weight is 760 g/mol. The second-order valence-electron chi connectivity index (χ2n) is 16.6. The van der Waals surface area contributed by atoms with E-state index in [1.165, 1.54) is 0 Å². The second kappa shape index (κ2) is 20.5. The summed E-state index contributed by atoms with van der Waals surface area (Å²) in [4.78, 5) is 54.0. The molecule has 12 nitrogen and oxygen atoms in total. The zero-order chi connectivity index (χ0) is 40.0. The molecule has 1 atom stereocenters. The first-order valence-corrected chi connectivity index (χ1v) is 19.8. The predicted molar refractivity (Wildman–Crippen MR) is 213 cm³/mol. The number of nitrogens with zero attached hydrogens (tertiary/aromatic N) is 4. The Morgan fingerprint density at radius 2 is 1.58 bits per heavy atom. The van der Waals surface area contributed by atoms with Crippen LogP contribution in [0.4, 0.5) is 5.69 Å². The van der Waals surface area contributed by atoms with Gasteiger partial charge in [-0.15, -0.1) is 5.10 Å². The highest BCUT2D eigenvalue weighted by molar-refractivity contribution is 6.01. The molecule has 1 aromatic heterocycles. The number of aromatic nitrogens is 3. The van der Waals surface area contributed by atoms with Crippen molar-refractivity contribution in [2.24, 2.45) is 16.7 Å². The van der Waals surface area contributed by atoms with E-state index in [2.05, 4.69) is 36.4 Å². The lowest BCUT2D eigenvalue weighted by Crippen LogP contribution is -2.34. The van der Waals surface area contributed by atoms with Crippen molar-refractivity contribution in [2.75, 3.05) is 37.9 Å². The Bertz CT molecular complexity index is 1740. The van der Waals surface area contributed by atoms with Crippen molar-refractivity contribution in [3.8, 4) is 22.5 Å². The quantitative estimate of drug-likeness (QED) is 0.0924. The van der Waals surface area contributed by atoms with E-state index >= 15 is 0 Å². The number of hydrogen-bond acceptors (Lipinski definition) is 9. The Hall–Kier alpha value is -4.42. The van der Waals surface area contributed by atoms with Gasteiger partial charge in [-0.3, -0.25) is 19.2 Å². The van der Waals surface area contributed by atoms with Crippen LogP contribution in [0.15, 0.2) is 48.5 Å². The molecule has 0 bridgehead atoms. The number of ether oxygens (including phenoxy) is 2. The lowest BCUT2D eigenvalue weighted by Gasteiger charge is -2.30. The number of benzene rings is 2. The molecule has 12 heteroatoms. The van der Waals surface area contributed by atoms with E-state index in [-0.39, 0.29) is 67.1 Å². The molecule has 55 heavy (non-hydrogen) atoms. The molecule has 300 valence electrons. The summed E-state index contributed by atoms with van der Waals surface area (Å²) in [5, 5.41) is 20.7. The molecule has 2 N–H and O–H groups in total. The maximum Gasteiger partial charge on any atom is 0.305 e. The summed E-state index contributed by atoms with van der Waals surface area (Å²) >= 11 is 0. The molecule has 0 aliphatic carbocycles. The SMILES string of the molecule is CC(C)(C)CC(CCCCCC(=O)OCCn1nnc2c1-c1ccccc1N(C(=O)CCC(=O)NCCOCCCO)Cc1ccccc1-2)C(=O)C(C)(C)C. The van der Waals surface area contributed by atoms with Gasteiger partial charge in [0, 0.05) is 61.5 Å². The van der Waals surface area contributed by atoms with Crippen molar-refractivity contribution in [1.82, 2.24) is 20.3 Å². The summed E-state index contributed by atoms with van der Waals surface area (Å²) in [7, 11) is 0. The molecule has 0 saturated heterocycles. The minimum atomic E-state index is -0.373. The molecule has 2 heterocycles. The number of amides is 2. The predicted octanol–water partition coefficient (Wildman–Crippen LogP) is 6.92. The van der Waals surface area contributed by atoms with E-state index in [1.807, 2.05) is 69.3 Å². The third-order valence-corrected chi connectivity index (χ3v) is 9.64. The Kier molecular flexibility index (Phi) is 16.1. The molecule has 4 rings (SSSR count). The lowest BCUT2D eigenvalue weighted by atomic mass is 9.74. The van der Waals surface area contributed by atoms with Gasteiger partial charge in [0.1, 0.15) is 18.1 Å². The fourth-order valence-corrected chi connectivity index (χ4v) is 7.00. The zero-order valence-electron chi connectivity index (χ0n) is 33.7. The van der Waals surface area contributed by atoms with Gasteiger partial charge in [-0.2, -0.15) is 0 Å². The highest BCUT2D eigenvalue weighted by Gasteiger charge is 2.32. The minimum absolute atomic E-state index is 0.0145. The molecule has 0 radical (unpaired) electrons. The van der Waals surface area contributed by atoms with Gasteiger partial charge in [-0.25, -0.2) is 4.68 Å². The van der Waals surface area contributed by atoms with Gasteiger partial charge in [-0.1, -0.05) is 102 Å². The molecule has 2 aromatic carbocycles. The van der Waals surface area contributed by atoms with Crippen LogP contribution < -0.4 is 10.2 Å². The summed E-state index contributed by atoms with van der Waals surface area (Å²) in [6.45, 7) is 14.3. The van der Waals surface area contributed by atoms with Crippen LogP contribution in [0.5, 0.6) is 0 Å². The molecular weight excluding hydrogens is 699 g/mol. The number of hydrogen-bond donors (Lipinski definition) is 2. The Balaban J connectivity index is 1.38. The van der Waals surface area contributed by atoms with Crippen LogP contribution in [0, 0.1) is 16.7 Å². The van der Waals surface area contributed by atoms with Crippen LogP contribution in [0.2, 0.25) is 0 Å². The Morgan fingerprint density at radius 1 is 0.855 bits per heavy atom. The third kappa shape index (κ3) is 13.1. The summed E-state index contributed by atoms with van der Waals surface area (Å²) in [5.74, 6) is -0.388. The monoisotopic (exact) mass is 759 g/mol. The molecule has 1 aliphatic heterocycles. The van der Waals surface area contributed by atoms with Crippen LogP contribution in [0.25, 0.3) is 22.5 Å². The molecule has 1 unspecified atom stereocenters. The van der Waals surface area contributed by atoms with Crippen molar-refractivity contribution in [2.45, 2.75) is 112 Å². The number of fused-ring (bicyclic) bond motifs is 5. The first-order chi connectivity index (χ1) is 26.2. The number of ketones is 1. The Morgan fingerprint density at radius 3 is 2.31 bits per heavy atom. The van der Waals surface area contributed by atoms with Crippen molar-refractivity contribution in [1.29, 1.82) is 0 Å². The van der Waals surface area contributed by atoms with Crippen LogP contribution in [0.3, 0.4) is 0 Å². The number of unbranched alkanes of at least 4 members (excludes halogenated alkanes) is 2. The van der Waals surface area contributed by atoms with Crippen LogP contribution in [-0.2, 0) is 41.7 Å². The van der Waals surface area contributed by atoms with Crippen LogP contribution >= 0.6 is 0 Å². The molecule has 0 spiro atoms. The number of carbonyl (C=O) groups is 4. The summed E-state index contributed by atoms with van der Waals surface area (Å²) in [6.07, 6.45) is 4.99. The summed E-state index contributed by atoms with van der Waals surface area (Å²) < 4.78 is 12.8. The highest BCUT2D eigenvalue weighted by atomic mass is 16.5. The first-order valence-electron chi connectivity index (χ1n) is 19.8. The van der Waals surface area contributed by atoms with Crippen molar-refractivity contribution >= 4 is 29.3 Å². The summed E-state index contributed by atoms with van der Waals surface area (Å²) in [5.41, 5.74) is 4.26. The van der Waals surface area contributed by atoms with Crippen molar-refractivity contribution < 1.29 is 33.8 Å². The fourth-order valence-electron chi connectivity index (χ4n) is 7.00. The largest absolute Gasteiger partial charge is 0.464 e. The topological polar surface area (TPSA) is 153 Å². The number of aliphatic hydroxyl groups excluding tert-OH is 1. The lowest BCUT2D eigenvalue weighted by molar-refractivity contribution is -0.144. The highest BCUT2D eigenvalue weighted by Crippen LogP contribution is 2.41. The number of nitrogens with one attached hydrogen (secondary N) is 1. The van der Waals surface area contributed by atoms with E-state index in [0.29, 0.717) is 68.4 Å². The third-order valence-electron chi connectivity index (χ3n) is 9.64. The van der Waals surface area contributed by atoms with Crippen molar-refractivity contribution in [3.05, 3.63) is 54.1 Å². The number of carbonyl (C=O) groups excluding carboxylic acids is 4. The number of para-hydroxylation sites is 1. The minimum Gasteiger partial charge on any atom is -0.464 e. The zero-order valence-corrected chi connectivity index (χ0v) is 33.7. The van der Waals surface area contributed by atoms with Gasteiger partial charge >= 0.3 is 5.97 Å². The number of aliphatic hydroxyl groups is 1. The van der Waals surface area contributed by atoms with E-state index in [9.17, 15) is 19.2 Å². The normalized spacial score (nSPS) is 13.2. The van der Waals surface area contributed by atoms with E-state index in [0.717, 1.165) is 42.4 Å². The molecule has 0 saturated carbocycles. The van der Waals surface area contributed by atoms with Gasteiger partial charge in [0.2, 0.25) is 11.8 Å². The van der Waals surface area contributed by atoms with Gasteiger partial charge in [0.15, 0.2) is 0 Å².